The molecule has 1 N–H and O–H groups in total. The van der Waals surface area contributed by atoms with Gasteiger partial charge in [0, 0.05) is 31.6 Å². The average molecular weight is 338 g/mol. The van der Waals surface area contributed by atoms with Crippen LogP contribution in [0.5, 0.6) is 0 Å². The summed E-state index contributed by atoms with van der Waals surface area (Å²) in [7, 11) is 3.84. The third-order valence-electron chi connectivity index (χ3n) is 5.75. The lowest BCUT2D eigenvalue weighted by Gasteiger charge is -2.17. The van der Waals surface area contributed by atoms with Crippen LogP contribution in [-0.4, -0.2) is 34.6 Å². The van der Waals surface area contributed by atoms with Crippen LogP contribution < -0.4 is 10.2 Å². The minimum absolute atomic E-state index is 0.104. The van der Waals surface area contributed by atoms with E-state index in [1.807, 2.05) is 32.0 Å². The quantitative estimate of drug-likeness (QED) is 0.929. The Morgan fingerprint density at radius 2 is 2.08 bits per heavy atom. The van der Waals surface area contributed by atoms with E-state index in [1.165, 1.54) is 0 Å². The van der Waals surface area contributed by atoms with E-state index in [2.05, 4.69) is 21.5 Å². The van der Waals surface area contributed by atoms with Crippen LogP contribution in [0.4, 0.5) is 11.6 Å². The van der Waals surface area contributed by atoms with E-state index in [0.29, 0.717) is 17.9 Å². The van der Waals surface area contributed by atoms with Crippen LogP contribution >= 0.6 is 0 Å². The van der Waals surface area contributed by atoms with E-state index in [-0.39, 0.29) is 11.3 Å². The fraction of sp³-hybridized carbons (Fsp3) is 0.556. The molecule has 1 amide bonds. The lowest BCUT2D eigenvalue weighted by Crippen LogP contribution is -2.28. The summed E-state index contributed by atoms with van der Waals surface area (Å²) in [4.78, 5) is 19.3. The Morgan fingerprint density at radius 1 is 1.36 bits per heavy atom. The number of hydrogen-bond donors (Lipinski definition) is 1. The van der Waals surface area contributed by atoms with Crippen molar-refractivity contribution < 1.29 is 4.79 Å². The van der Waals surface area contributed by atoms with Crippen LogP contribution in [-0.2, 0) is 4.79 Å². The minimum Gasteiger partial charge on any atom is -0.363 e. The Hall–Kier alpha value is -2.62. The number of carbonyl (C=O) groups excluding carboxylic acids is 1. The van der Waals surface area contributed by atoms with Gasteiger partial charge in [-0.15, -0.1) is 0 Å². The maximum Gasteiger partial charge on any atom is 0.246 e. The molecular formula is C18H22N6O. The average Bonchev–Trinajstić information content (AvgIpc) is 2.84. The maximum atomic E-state index is 12.9. The maximum absolute atomic E-state index is 12.9. The Bertz CT molecular complexity index is 902. The molecular weight excluding hydrogens is 316 g/mol. The van der Waals surface area contributed by atoms with Crippen LogP contribution in [0.2, 0.25) is 0 Å². The van der Waals surface area contributed by atoms with Crippen LogP contribution in [0.1, 0.15) is 37.8 Å². The highest BCUT2D eigenvalue weighted by molar-refractivity contribution is 6.00. The fourth-order valence-corrected chi connectivity index (χ4v) is 4.33. The number of amides is 1. The number of hydrogen-bond acceptors (Lipinski definition) is 5. The van der Waals surface area contributed by atoms with Gasteiger partial charge >= 0.3 is 0 Å². The first-order chi connectivity index (χ1) is 11.9. The number of rotatable bonds is 3. The molecule has 7 heteroatoms. The second-order valence-electron chi connectivity index (χ2n) is 7.59. The van der Waals surface area contributed by atoms with Crippen molar-refractivity contribution in [3.8, 4) is 6.07 Å². The highest BCUT2D eigenvalue weighted by Gasteiger charge is 2.72. The molecule has 2 heterocycles. The van der Waals surface area contributed by atoms with Gasteiger partial charge in [0.1, 0.15) is 17.1 Å². The zero-order valence-corrected chi connectivity index (χ0v) is 14.8. The standard InChI is InChI=1S/C18H22N6O/c1-12-8-14-20-13(9-15(23(2)3)24(14)22-12)21-16(25)18(11-19)10-17(18)6-4-5-7-17/h8-9H,4-7,10H2,1-3H3,(H,20,21,25). The second kappa shape index (κ2) is 5.19. The SMILES string of the molecule is Cc1cc2nc(NC(=O)C3(C#N)CC34CCCC4)cc(N(C)C)n2n1. The zero-order chi connectivity index (χ0) is 17.8. The molecule has 0 aliphatic heterocycles. The van der Waals surface area contributed by atoms with Crippen LogP contribution in [0.3, 0.4) is 0 Å². The molecule has 2 aliphatic rings. The van der Waals surface area contributed by atoms with Gasteiger partial charge in [0.15, 0.2) is 5.65 Å². The topological polar surface area (TPSA) is 86.3 Å². The second-order valence-corrected chi connectivity index (χ2v) is 7.59. The molecule has 0 aromatic carbocycles. The zero-order valence-electron chi connectivity index (χ0n) is 14.8. The predicted octanol–water partition coefficient (Wildman–Crippen LogP) is 2.52. The first kappa shape index (κ1) is 15.9. The van der Waals surface area contributed by atoms with Crippen molar-refractivity contribution in [1.82, 2.24) is 14.6 Å². The van der Waals surface area contributed by atoms with Crippen molar-refractivity contribution in [1.29, 1.82) is 5.26 Å². The lowest BCUT2D eigenvalue weighted by atomic mass is 9.91. The molecule has 0 bridgehead atoms. The molecule has 25 heavy (non-hydrogen) atoms. The third-order valence-corrected chi connectivity index (χ3v) is 5.75. The molecule has 1 atom stereocenters. The molecule has 2 fully saturated rings. The molecule has 0 radical (unpaired) electrons. The van der Waals surface area contributed by atoms with Crippen molar-refractivity contribution in [3.05, 3.63) is 17.8 Å². The van der Waals surface area contributed by atoms with Crippen LogP contribution in [0.25, 0.3) is 5.65 Å². The molecule has 0 saturated heterocycles. The van der Waals surface area contributed by atoms with Gasteiger partial charge in [-0.3, -0.25) is 4.79 Å². The first-order valence-electron chi connectivity index (χ1n) is 8.68. The molecule has 2 aromatic rings. The summed E-state index contributed by atoms with van der Waals surface area (Å²) in [6.45, 7) is 1.91. The number of aryl methyl sites for hydroxylation is 1. The molecule has 4 rings (SSSR count). The normalized spacial score (nSPS) is 23.6. The van der Waals surface area contributed by atoms with E-state index in [0.717, 1.165) is 37.2 Å². The monoisotopic (exact) mass is 338 g/mol. The minimum atomic E-state index is -0.883. The highest BCUT2D eigenvalue weighted by atomic mass is 16.2. The lowest BCUT2D eigenvalue weighted by molar-refractivity contribution is -0.120. The van der Waals surface area contributed by atoms with Gasteiger partial charge in [-0.25, -0.2) is 4.98 Å². The summed E-state index contributed by atoms with van der Waals surface area (Å²) < 4.78 is 1.75. The van der Waals surface area contributed by atoms with Crippen molar-refractivity contribution in [2.24, 2.45) is 10.8 Å². The van der Waals surface area contributed by atoms with E-state index in [1.54, 1.807) is 10.6 Å². The number of nitriles is 1. The Labute approximate surface area is 146 Å². The molecule has 2 aliphatic carbocycles. The van der Waals surface area contributed by atoms with Gasteiger partial charge in [-0.1, -0.05) is 12.8 Å². The highest BCUT2D eigenvalue weighted by Crippen LogP contribution is 2.71. The molecule has 1 unspecified atom stereocenters. The Balaban J connectivity index is 1.67. The summed E-state index contributed by atoms with van der Waals surface area (Å²) in [6.07, 6.45) is 4.86. The molecule has 130 valence electrons. The molecule has 2 aromatic heterocycles. The Morgan fingerprint density at radius 3 is 2.72 bits per heavy atom. The summed E-state index contributed by atoms with van der Waals surface area (Å²) in [5.74, 6) is 1.08. The number of nitrogens with one attached hydrogen (secondary N) is 1. The smallest absolute Gasteiger partial charge is 0.246 e. The number of nitrogens with zero attached hydrogens (tertiary/aromatic N) is 5. The fourth-order valence-electron chi connectivity index (χ4n) is 4.33. The number of fused-ring (bicyclic) bond motifs is 1. The number of aromatic nitrogens is 3. The van der Waals surface area contributed by atoms with Crippen LogP contribution in [0.15, 0.2) is 12.1 Å². The molecule has 1 spiro atoms. The summed E-state index contributed by atoms with van der Waals surface area (Å²) >= 11 is 0. The van der Waals surface area contributed by atoms with Gasteiger partial charge in [0.05, 0.1) is 11.8 Å². The van der Waals surface area contributed by atoms with Crippen molar-refractivity contribution >= 4 is 23.2 Å². The van der Waals surface area contributed by atoms with E-state index < -0.39 is 5.41 Å². The summed E-state index contributed by atoms with van der Waals surface area (Å²) in [6, 6.07) is 5.99. The summed E-state index contributed by atoms with van der Waals surface area (Å²) in [5, 5.41) is 17.0. The predicted molar refractivity (Wildman–Crippen MR) is 94.2 cm³/mol. The largest absolute Gasteiger partial charge is 0.363 e. The Kier molecular flexibility index (Phi) is 3.29. The summed E-state index contributed by atoms with van der Waals surface area (Å²) in [5.41, 5.74) is 0.551. The van der Waals surface area contributed by atoms with Gasteiger partial charge in [0.2, 0.25) is 5.91 Å². The van der Waals surface area contributed by atoms with Gasteiger partial charge in [-0.2, -0.15) is 14.9 Å². The number of carbonyl (C=O) groups is 1. The van der Waals surface area contributed by atoms with Crippen molar-refractivity contribution in [2.45, 2.75) is 39.0 Å². The van der Waals surface area contributed by atoms with Gasteiger partial charge in [0.25, 0.3) is 0 Å². The third kappa shape index (κ3) is 2.20. The van der Waals surface area contributed by atoms with Crippen LogP contribution in [0, 0.1) is 29.1 Å². The molecule has 7 nitrogen and oxygen atoms in total. The van der Waals surface area contributed by atoms with E-state index >= 15 is 0 Å². The van der Waals surface area contributed by atoms with Gasteiger partial charge < -0.3 is 10.2 Å². The van der Waals surface area contributed by atoms with E-state index in [9.17, 15) is 10.1 Å². The van der Waals surface area contributed by atoms with Crippen molar-refractivity contribution in [3.63, 3.8) is 0 Å². The first-order valence-corrected chi connectivity index (χ1v) is 8.68. The number of anilines is 2. The van der Waals surface area contributed by atoms with Crippen molar-refractivity contribution in [2.75, 3.05) is 24.3 Å². The van der Waals surface area contributed by atoms with Gasteiger partial charge in [-0.05, 0) is 26.2 Å². The molecule has 2 saturated carbocycles. The van der Waals surface area contributed by atoms with E-state index in [4.69, 9.17) is 0 Å².